The van der Waals surface area contributed by atoms with Crippen LogP contribution in [0.4, 0.5) is 0 Å². The lowest BCUT2D eigenvalue weighted by atomic mass is 9.81. The van der Waals surface area contributed by atoms with Crippen molar-refractivity contribution in [2.75, 3.05) is 6.54 Å². The maximum absolute atomic E-state index is 12.4. The number of carbonyl (C=O) groups excluding carboxylic acids is 2. The molecule has 2 amide bonds. The van der Waals surface area contributed by atoms with Crippen molar-refractivity contribution in [1.29, 1.82) is 0 Å². The van der Waals surface area contributed by atoms with E-state index in [4.69, 9.17) is 0 Å². The lowest BCUT2D eigenvalue weighted by Crippen LogP contribution is -2.41. The van der Waals surface area contributed by atoms with Crippen LogP contribution in [0.25, 0.3) is 0 Å². The lowest BCUT2D eigenvalue weighted by Gasteiger charge is -2.25. The third kappa shape index (κ3) is 1.47. The van der Waals surface area contributed by atoms with Crippen molar-refractivity contribution in [2.45, 2.75) is 40.0 Å². The minimum Gasteiger partial charge on any atom is -0.282 e. The average molecular weight is 235 g/mol. The molecule has 0 aromatic rings. The highest BCUT2D eigenvalue weighted by Gasteiger charge is 2.57. The molecular weight excluding hydrogens is 214 g/mol. The van der Waals surface area contributed by atoms with Gasteiger partial charge in [0, 0.05) is 17.9 Å². The minimum atomic E-state index is -0.437. The zero-order chi connectivity index (χ0) is 12.4. The van der Waals surface area contributed by atoms with Crippen LogP contribution in [0.5, 0.6) is 0 Å². The van der Waals surface area contributed by atoms with Crippen LogP contribution in [0, 0.1) is 29.1 Å². The first-order chi connectivity index (χ1) is 7.89. The van der Waals surface area contributed by atoms with E-state index in [2.05, 4.69) is 0 Å². The molecule has 3 fully saturated rings. The zero-order valence-electron chi connectivity index (χ0n) is 10.9. The molecule has 3 nitrogen and oxygen atoms in total. The summed E-state index contributed by atoms with van der Waals surface area (Å²) >= 11 is 0. The summed E-state index contributed by atoms with van der Waals surface area (Å²) in [5, 5.41) is 0. The molecule has 94 valence electrons. The molecule has 0 N–H and O–H groups in total. The van der Waals surface area contributed by atoms with Crippen molar-refractivity contribution in [3.05, 3.63) is 0 Å². The van der Waals surface area contributed by atoms with Crippen LogP contribution in [0.1, 0.15) is 40.0 Å². The Morgan fingerprint density at radius 1 is 1.24 bits per heavy atom. The summed E-state index contributed by atoms with van der Waals surface area (Å²) < 4.78 is 0. The van der Waals surface area contributed by atoms with Gasteiger partial charge in [-0.3, -0.25) is 14.5 Å². The Morgan fingerprint density at radius 3 is 2.47 bits per heavy atom. The molecule has 4 atom stereocenters. The number of hydrogen-bond donors (Lipinski definition) is 0. The molecule has 1 aliphatic heterocycles. The molecule has 3 rings (SSSR count). The van der Waals surface area contributed by atoms with E-state index in [1.807, 2.05) is 20.8 Å². The summed E-state index contributed by atoms with van der Waals surface area (Å²) in [6.45, 7) is 6.38. The van der Waals surface area contributed by atoms with Gasteiger partial charge in [-0.15, -0.1) is 0 Å². The largest absolute Gasteiger partial charge is 0.282 e. The van der Waals surface area contributed by atoms with Gasteiger partial charge in [0.2, 0.25) is 11.8 Å². The Kier molecular flexibility index (Phi) is 2.20. The molecule has 3 heteroatoms. The van der Waals surface area contributed by atoms with E-state index in [9.17, 15) is 9.59 Å². The van der Waals surface area contributed by atoms with Gasteiger partial charge in [0.25, 0.3) is 0 Å². The summed E-state index contributed by atoms with van der Waals surface area (Å²) in [5.41, 5.74) is -0.437. The molecule has 1 heterocycles. The number of rotatable bonds is 0. The fourth-order valence-electron chi connectivity index (χ4n) is 4.13. The third-order valence-electron chi connectivity index (χ3n) is 4.92. The second kappa shape index (κ2) is 3.33. The van der Waals surface area contributed by atoms with E-state index < -0.39 is 5.41 Å². The Balaban J connectivity index is 1.83. The number of nitrogens with zero attached hydrogens (tertiary/aromatic N) is 1. The summed E-state index contributed by atoms with van der Waals surface area (Å²) in [6.07, 6.45) is 3.71. The zero-order valence-corrected chi connectivity index (χ0v) is 10.9. The Bertz CT molecular complexity index is 382. The second-order valence-electron chi connectivity index (χ2n) is 7.03. The standard InChI is InChI=1S/C14H21NO2/c1-14(2,3)13(17)15-7-10-8-4-5-9(6-8)11(10)12(15)16/h8-11H,4-7H2,1-3H3. The van der Waals surface area contributed by atoms with Gasteiger partial charge in [-0.05, 0) is 37.0 Å². The lowest BCUT2D eigenvalue weighted by molar-refractivity contribution is -0.149. The molecule has 2 bridgehead atoms. The summed E-state index contributed by atoms with van der Waals surface area (Å²) in [7, 11) is 0. The van der Waals surface area contributed by atoms with Gasteiger partial charge in [-0.2, -0.15) is 0 Å². The van der Waals surface area contributed by atoms with Crippen LogP contribution in [0.15, 0.2) is 0 Å². The number of carbonyl (C=O) groups is 2. The fourth-order valence-corrected chi connectivity index (χ4v) is 4.13. The van der Waals surface area contributed by atoms with Crippen LogP contribution in [0.3, 0.4) is 0 Å². The SMILES string of the molecule is CC(C)(C)C(=O)N1CC2C3CCC(C3)C2C1=O. The van der Waals surface area contributed by atoms with Gasteiger partial charge in [0.05, 0.1) is 0 Å². The Hall–Kier alpha value is -0.860. The number of fused-ring (bicyclic) bond motifs is 5. The van der Waals surface area contributed by atoms with E-state index in [1.165, 1.54) is 19.3 Å². The molecule has 4 unspecified atom stereocenters. The molecule has 2 saturated carbocycles. The monoisotopic (exact) mass is 235 g/mol. The van der Waals surface area contributed by atoms with E-state index >= 15 is 0 Å². The van der Waals surface area contributed by atoms with Crippen molar-refractivity contribution in [3.63, 3.8) is 0 Å². The van der Waals surface area contributed by atoms with E-state index in [0.717, 1.165) is 0 Å². The van der Waals surface area contributed by atoms with Crippen LogP contribution in [0.2, 0.25) is 0 Å². The van der Waals surface area contributed by atoms with Crippen molar-refractivity contribution >= 4 is 11.8 Å². The van der Waals surface area contributed by atoms with E-state index in [-0.39, 0.29) is 17.7 Å². The summed E-state index contributed by atoms with van der Waals surface area (Å²) in [4.78, 5) is 26.2. The highest BCUT2D eigenvalue weighted by Crippen LogP contribution is 2.55. The van der Waals surface area contributed by atoms with Gasteiger partial charge < -0.3 is 0 Å². The van der Waals surface area contributed by atoms with Gasteiger partial charge in [-0.1, -0.05) is 20.8 Å². The Morgan fingerprint density at radius 2 is 1.88 bits per heavy atom. The number of imide groups is 1. The van der Waals surface area contributed by atoms with Crippen LogP contribution < -0.4 is 0 Å². The van der Waals surface area contributed by atoms with Crippen molar-refractivity contribution in [1.82, 2.24) is 4.90 Å². The quantitative estimate of drug-likeness (QED) is 0.644. The van der Waals surface area contributed by atoms with Crippen molar-refractivity contribution in [2.24, 2.45) is 29.1 Å². The smallest absolute Gasteiger partial charge is 0.234 e. The van der Waals surface area contributed by atoms with Crippen LogP contribution >= 0.6 is 0 Å². The summed E-state index contributed by atoms with van der Waals surface area (Å²) in [6, 6.07) is 0. The van der Waals surface area contributed by atoms with Gasteiger partial charge in [0.1, 0.15) is 0 Å². The third-order valence-corrected chi connectivity index (χ3v) is 4.92. The molecule has 17 heavy (non-hydrogen) atoms. The summed E-state index contributed by atoms with van der Waals surface area (Å²) in [5.74, 6) is 2.09. The molecule has 3 aliphatic rings. The minimum absolute atomic E-state index is 0.0105. The normalized spacial score (nSPS) is 39.9. The molecule has 0 aromatic heterocycles. The number of amides is 2. The highest BCUT2D eigenvalue weighted by molar-refractivity contribution is 6.00. The molecule has 0 radical (unpaired) electrons. The first kappa shape index (κ1) is 11.2. The average Bonchev–Trinajstić information content (AvgIpc) is 2.87. The Labute approximate surface area is 103 Å². The van der Waals surface area contributed by atoms with Crippen LogP contribution in [-0.2, 0) is 9.59 Å². The number of likely N-dealkylation sites (tertiary alicyclic amines) is 1. The van der Waals surface area contributed by atoms with E-state index in [1.54, 1.807) is 4.90 Å². The highest BCUT2D eigenvalue weighted by atomic mass is 16.2. The molecular formula is C14H21NO2. The first-order valence-electron chi connectivity index (χ1n) is 6.75. The molecule has 2 aliphatic carbocycles. The maximum Gasteiger partial charge on any atom is 0.234 e. The predicted octanol–water partition coefficient (Wildman–Crippen LogP) is 2.06. The molecule has 0 aromatic carbocycles. The molecule has 0 spiro atoms. The number of hydrogen-bond acceptors (Lipinski definition) is 2. The maximum atomic E-state index is 12.4. The van der Waals surface area contributed by atoms with Gasteiger partial charge in [-0.25, -0.2) is 0 Å². The fraction of sp³-hybridized carbons (Fsp3) is 0.857. The van der Waals surface area contributed by atoms with Crippen molar-refractivity contribution < 1.29 is 9.59 Å². The topological polar surface area (TPSA) is 37.4 Å². The van der Waals surface area contributed by atoms with Crippen molar-refractivity contribution in [3.8, 4) is 0 Å². The molecule has 1 saturated heterocycles. The predicted molar refractivity (Wildman–Crippen MR) is 64.0 cm³/mol. The van der Waals surface area contributed by atoms with E-state index in [0.29, 0.717) is 24.3 Å². The first-order valence-corrected chi connectivity index (χ1v) is 6.75. The second-order valence-corrected chi connectivity index (χ2v) is 7.03. The van der Waals surface area contributed by atoms with Crippen LogP contribution in [-0.4, -0.2) is 23.3 Å². The van der Waals surface area contributed by atoms with Gasteiger partial charge >= 0.3 is 0 Å². The van der Waals surface area contributed by atoms with Gasteiger partial charge in [0.15, 0.2) is 0 Å².